The number of nitrogens with zero attached hydrogens (tertiary/aromatic N) is 3. The molecular formula is C25H28ClN5O3P+. The van der Waals surface area contributed by atoms with Gasteiger partial charge in [-0.15, -0.1) is 0 Å². The van der Waals surface area contributed by atoms with Crippen LogP contribution in [0.3, 0.4) is 0 Å². The van der Waals surface area contributed by atoms with Crippen molar-refractivity contribution in [1.29, 1.82) is 0 Å². The molecule has 2 heterocycles. The van der Waals surface area contributed by atoms with Crippen LogP contribution in [0.4, 0.5) is 28.8 Å². The van der Waals surface area contributed by atoms with E-state index in [0.29, 0.717) is 65.2 Å². The number of ether oxygens (including phenoxy) is 1. The third kappa shape index (κ3) is 5.72. The van der Waals surface area contributed by atoms with Crippen LogP contribution in [0, 0.1) is 0 Å². The summed E-state index contributed by atoms with van der Waals surface area (Å²) in [6.07, 6.45) is 3.46. The van der Waals surface area contributed by atoms with Gasteiger partial charge in [0.15, 0.2) is 5.82 Å². The molecule has 10 heteroatoms. The number of aromatic nitrogens is 2. The van der Waals surface area contributed by atoms with E-state index in [2.05, 4.69) is 32.4 Å². The van der Waals surface area contributed by atoms with Crippen molar-refractivity contribution in [3.8, 4) is 5.75 Å². The number of methoxy groups -OCH3 is 1. The normalized spacial score (nSPS) is 14.0. The molecule has 1 fully saturated rings. The lowest BCUT2D eigenvalue weighted by Gasteiger charge is -2.30. The van der Waals surface area contributed by atoms with Gasteiger partial charge in [0.2, 0.25) is 11.3 Å². The molecule has 182 valence electrons. The first-order chi connectivity index (χ1) is 16.9. The minimum Gasteiger partial charge on any atom is -0.494 e. The van der Waals surface area contributed by atoms with Gasteiger partial charge in [-0.2, -0.15) is 4.98 Å². The summed E-state index contributed by atoms with van der Waals surface area (Å²) in [7, 11) is 0.0721. The van der Waals surface area contributed by atoms with Crippen LogP contribution in [0.2, 0.25) is 5.02 Å². The number of rotatable bonds is 8. The van der Waals surface area contributed by atoms with Gasteiger partial charge in [-0.05, 0) is 30.2 Å². The van der Waals surface area contributed by atoms with Gasteiger partial charge in [0.05, 0.1) is 24.7 Å². The van der Waals surface area contributed by atoms with Crippen molar-refractivity contribution < 1.29 is 14.1 Å². The maximum absolute atomic E-state index is 12.1. The zero-order chi connectivity index (χ0) is 24.9. The Balaban J connectivity index is 1.63. The molecule has 2 N–H and O–H groups in total. The SMILES string of the molecule is CCc1cc(Nc2ncc(Cl)c(Nc3ccccc3[P+](C)=O)n2)c(OC)cc1N1CCC(=O)CC1. The molecule has 35 heavy (non-hydrogen) atoms. The Morgan fingerprint density at radius 3 is 2.57 bits per heavy atom. The minimum absolute atomic E-state index is 0.308. The van der Waals surface area contributed by atoms with Crippen molar-refractivity contribution in [2.45, 2.75) is 26.2 Å². The predicted octanol–water partition coefficient (Wildman–Crippen LogP) is 5.44. The number of carbonyl (C=O) groups is 1. The molecule has 0 bridgehead atoms. The topological polar surface area (TPSA) is 96.4 Å². The van der Waals surface area contributed by atoms with Crippen LogP contribution in [0.5, 0.6) is 5.75 Å². The number of hydrogen-bond donors (Lipinski definition) is 2. The molecule has 1 aliphatic rings. The van der Waals surface area contributed by atoms with Gasteiger partial charge in [-0.1, -0.05) is 35.2 Å². The Labute approximate surface area is 210 Å². The van der Waals surface area contributed by atoms with E-state index in [1.54, 1.807) is 13.8 Å². The number of carbonyl (C=O) groups excluding carboxylic acids is 1. The molecule has 0 radical (unpaired) electrons. The number of para-hydroxylation sites is 1. The number of nitrogens with one attached hydrogen (secondary N) is 2. The Morgan fingerprint density at radius 2 is 1.89 bits per heavy atom. The summed E-state index contributed by atoms with van der Waals surface area (Å²) < 4.78 is 17.8. The van der Waals surface area contributed by atoms with Gasteiger partial charge >= 0.3 is 7.80 Å². The summed E-state index contributed by atoms with van der Waals surface area (Å²) in [4.78, 5) is 22.8. The second kappa shape index (κ2) is 11.0. The number of halogens is 1. The molecule has 0 saturated carbocycles. The van der Waals surface area contributed by atoms with Crippen LogP contribution >= 0.6 is 19.4 Å². The van der Waals surface area contributed by atoms with Gasteiger partial charge in [-0.3, -0.25) is 4.79 Å². The first-order valence-corrected chi connectivity index (χ1v) is 13.5. The second-order valence-electron chi connectivity index (χ2n) is 8.22. The van der Waals surface area contributed by atoms with Crippen molar-refractivity contribution >= 4 is 59.3 Å². The Hall–Kier alpha value is -3.22. The van der Waals surface area contributed by atoms with E-state index < -0.39 is 7.80 Å². The summed E-state index contributed by atoms with van der Waals surface area (Å²) in [6.45, 7) is 5.18. The van der Waals surface area contributed by atoms with Crippen molar-refractivity contribution in [3.63, 3.8) is 0 Å². The number of Topliss-reactive ketones (excluding diaryl/α,β-unsaturated/α-hetero) is 1. The molecule has 8 nitrogen and oxygen atoms in total. The number of anilines is 5. The van der Waals surface area contributed by atoms with Gasteiger partial charge in [-0.25, -0.2) is 4.98 Å². The highest BCUT2D eigenvalue weighted by molar-refractivity contribution is 7.53. The van der Waals surface area contributed by atoms with Crippen LogP contribution in [0.25, 0.3) is 0 Å². The lowest BCUT2D eigenvalue weighted by Crippen LogP contribution is -2.34. The summed E-state index contributed by atoms with van der Waals surface area (Å²) >= 11 is 6.36. The average Bonchev–Trinajstić information content (AvgIpc) is 2.86. The molecule has 0 spiro atoms. The van der Waals surface area contributed by atoms with E-state index in [4.69, 9.17) is 16.3 Å². The van der Waals surface area contributed by atoms with E-state index in [-0.39, 0.29) is 0 Å². The zero-order valence-electron chi connectivity index (χ0n) is 20.0. The predicted molar refractivity (Wildman–Crippen MR) is 142 cm³/mol. The van der Waals surface area contributed by atoms with Gasteiger partial charge in [0.25, 0.3) is 0 Å². The highest BCUT2D eigenvalue weighted by Gasteiger charge is 2.22. The molecule has 1 atom stereocenters. The quantitative estimate of drug-likeness (QED) is 0.385. The fourth-order valence-corrected chi connectivity index (χ4v) is 4.98. The average molecular weight is 513 g/mol. The third-order valence-electron chi connectivity index (χ3n) is 5.93. The third-order valence-corrected chi connectivity index (χ3v) is 7.28. The van der Waals surface area contributed by atoms with Crippen molar-refractivity contribution in [1.82, 2.24) is 9.97 Å². The molecule has 0 amide bonds. The maximum atomic E-state index is 12.1. The fourth-order valence-electron chi connectivity index (χ4n) is 4.07. The van der Waals surface area contributed by atoms with Crippen LogP contribution in [0.1, 0.15) is 25.3 Å². The molecule has 1 aliphatic heterocycles. The van der Waals surface area contributed by atoms with E-state index in [0.717, 1.165) is 23.4 Å². The Bertz CT molecular complexity index is 1260. The zero-order valence-corrected chi connectivity index (χ0v) is 21.6. The smallest absolute Gasteiger partial charge is 0.375 e. The molecular weight excluding hydrogens is 485 g/mol. The molecule has 0 aliphatic carbocycles. The summed E-state index contributed by atoms with van der Waals surface area (Å²) in [5, 5.41) is 7.46. The number of aryl methyl sites for hydroxylation is 1. The lowest BCUT2D eigenvalue weighted by molar-refractivity contribution is -0.119. The molecule has 3 aromatic rings. The highest BCUT2D eigenvalue weighted by Crippen LogP contribution is 2.36. The summed E-state index contributed by atoms with van der Waals surface area (Å²) in [6, 6.07) is 11.4. The lowest BCUT2D eigenvalue weighted by atomic mass is 10.0. The van der Waals surface area contributed by atoms with E-state index in [1.165, 1.54) is 6.20 Å². The van der Waals surface area contributed by atoms with Crippen molar-refractivity contribution in [2.24, 2.45) is 0 Å². The summed E-state index contributed by atoms with van der Waals surface area (Å²) in [5.41, 5.74) is 3.62. The monoisotopic (exact) mass is 512 g/mol. The standard InChI is InChI=1S/C25H28ClN5O3P/c1-4-16-13-20(22(34-2)14-21(16)31-11-9-17(32)10-12-31)29-25-27-15-18(26)24(30-25)28-19-7-5-6-8-23(19)35(3)33/h5-8,13-15H,4,9-12H2,1-3H3,(H2,27,28,29,30)/q+1. The molecule has 1 saturated heterocycles. The van der Waals surface area contributed by atoms with E-state index >= 15 is 0 Å². The number of benzene rings is 2. The molecule has 2 aromatic carbocycles. The Kier molecular flexibility index (Phi) is 7.83. The maximum Gasteiger partial charge on any atom is 0.375 e. The first kappa shape index (κ1) is 24.9. The first-order valence-electron chi connectivity index (χ1n) is 11.4. The molecule has 4 rings (SSSR count). The largest absolute Gasteiger partial charge is 0.494 e. The van der Waals surface area contributed by atoms with E-state index in [9.17, 15) is 9.36 Å². The Morgan fingerprint density at radius 1 is 1.14 bits per heavy atom. The summed E-state index contributed by atoms with van der Waals surface area (Å²) in [5.74, 6) is 1.70. The van der Waals surface area contributed by atoms with Crippen LogP contribution in [-0.4, -0.2) is 42.6 Å². The highest BCUT2D eigenvalue weighted by atomic mass is 35.5. The second-order valence-corrected chi connectivity index (χ2v) is 10.1. The molecule has 1 unspecified atom stereocenters. The number of piperidine rings is 1. The van der Waals surface area contributed by atoms with Gasteiger partial charge in [0.1, 0.15) is 23.2 Å². The fraction of sp³-hybridized carbons (Fsp3) is 0.320. The minimum atomic E-state index is -1.55. The van der Waals surface area contributed by atoms with Crippen LogP contribution < -0.4 is 25.6 Å². The van der Waals surface area contributed by atoms with Crippen LogP contribution in [0.15, 0.2) is 42.6 Å². The van der Waals surface area contributed by atoms with Crippen LogP contribution in [-0.2, 0) is 15.8 Å². The number of hydrogen-bond acceptors (Lipinski definition) is 8. The molecule has 1 aromatic heterocycles. The van der Waals surface area contributed by atoms with E-state index in [1.807, 2.05) is 36.4 Å². The number of ketones is 1. The van der Waals surface area contributed by atoms with Crippen molar-refractivity contribution in [2.75, 3.05) is 42.4 Å². The van der Waals surface area contributed by atoms with Crippen molar-refractivity contribution in [3.05, 3.63) is 53.2 Å². The van der Waals surface area contributed by atoms with Gasteiger partial charge in [0, 0.05) is 37.7 Å². The van der Waals surface area contributed by atoms with Gasteiger partial charge < -0.3 is 20.3 Å².